The van der Waals surface area contributed by atoms with E-state index in [1.165, 1.54) is 14.2 Å². The van der Waals surface area contributed by atoms with Crippen LogP contribution in [-0.4, -0.2) is 76.5 Å². The van der Waals surface area contributed by atoms with Gasteiger partial charge in [-0.1, -0.05) is 0 Å². The fourth-order valence-electron chi connectivity index (χ4n) is 1.28. The predicted octanol–water partition coefficient (Wildman–Crippen LogP) is -2.79. The molecule has 12 heteroatoms. The highest BCUT2D eigenvalue weighted by molar-refractivity contribution is 5.43. The van der Waals surface area contributed by atoms with Gasteiger partial charge in [-0.3, -0.25) is 14.6 Å². The minimum Gasteiger partial charge on any atom is -0.376 e. The summed E-state index contributed by atoms with van der Waals surface area (Å²) in [6, 6.07) is 0. The zero-order valence-corrected chi connectivity index (χ0v) is 11.6. The molecule has 0 aliphatic heterocycles. The molecule has 0 spiro atoms. The smallest absolute Gasteiger partial charge is 0.258 e. The fraction of sp³-hybridized carbons (Fsp3) is 0.667. The summed E-state index contributed by atoms with van der Waals surface area (Å²) in [4.78, 5) is 22.5. The summed E-state index contributed by atoms with van der Waals surface area (Å²) >= 11 is 0. The van der Waals surface area contributed by atoms with Crippen LogP contribution in [0.2, 0.25) is 0 Å². The number of anilines is 3. The van der Waals surface area contributed by atoms with Crippen LogP contribution in [0.15, 0.2) is 0 Å². The maximum Gasteiger partial charge on any atom is 0.258 e. The summed E-state index contributed by atoms with van der Waals surface area (Å²) in [5.41, 5.74) is 0. The van der Waals surface area contributed by atoms with Crippen molar-refractivity contribution in [1.82, 2.24) is 15.0 Å². The molecule has 0 saturated carbocycles. The molecule has 1 heterocycles. The van der Waals surface area contributed by atoms with Gasteiger partial charge in [0.15, 0.2) is 0 Å². The Kier molecular flexibility index (Phi) is 6.93. The van der Waals surface area contributed by atoms with Crippen molar-refractivity contribution in [2.24, 2.45) is 0 Å². The lowest BCUT2D eigenvalue weighted by Crippen LogP contribution is -2.32. The zero-order valence-electron chi connectivity index (χ0n) is 11.6. The van der Waals surface area contributed by atoms with Crippen molar-refractivity contribution < 1.29 is 30.1 Å². The van der Waals surface area contributed by atoms with Crippen LogP contribution >= 0.6 is 0 Å². The van der Waals surface area contributed by atoms with Crippen LogP contribution in [0.1, 0.15) is 0 Å². The van der Waals surface area contributed by atoms with Crippen molar-refractivity contribution in [2.45, 2.75) is 0 Å². The van der Waals surface area contributed by atoms with Crippen LogP contribution in [0, 0.1) is 0 Å². The van der Waals surface area contributed by atoms with Crippen molar-refractivity contribution in [2.75, 3.05) is 56.2 Å². The van der Waals surface area contributed by atoms with Gasteiger partial charge in [0.05, 0.1) is 14.2 Å². The Morgan fingerprint density at radius 1 is 0.714 bits per heavy atom. The summed E-state index contributed by atoms with van der Waals surface area (Å²) in [5.74, 6) is -0.323. The molecule has 120 valence electrons. The van der Waals surface area contributed by atoms with E-state index in [1.807, 2.05) is 0 Å². The molecule has 0 bridgehead atoms. The van der Waals surface area contributed by atoms with Gasteiger partial charge >= 0.3 is 0 Å². The number of hydrogen-bond donors (Lipinski definition) is 4. The minimum absolute atomic E-state index is 0.106. The summed E-state index contributed by atoms with van der Waals surface area (Å²) in [6.45, 7) is -2.22. The van der Waals surface area contributed by atoms with Crippen LogP contribution in [0.25, 0.3) is 0 Å². The van der Waals surface area contributed by atoms with E-state index >= 15 is 0 Å². The fourth-order valence-corrected chi connectivity index (χ4v) is 1.28. The van der Waals surface area contributed by atoms with Gasteiger partial charge in [0.2, 0.25) is 5.95 Å². The lowest BCUT2D eigenvalue weighted by Gasteiger charge is -2.23. The van der Waals surface area contributed by atoms with E-state index in [9.17, 15) is 0 Å². The van der Waals surface area contributed by atoms with E-state index in [2.05, 4.69) is 15.0 Å². The molecular weight excluding hydrogens is 288 g/mol. The molecule has 0 radical (unpaired) electrons. The first-order valence-corrected chi connectivity index (χ1v) is 5.72. The molecule has 4 N–H and O–H groups in total. The second-order valence-electron chi connectivity index (χ2n) is 3.46. The van der Waals surface area contributed by atoms with Crippen molar-refractivity contribution in [3.63, 3.8) is 0 Å². The highest BCUT2D eigenvalue weighted by Gasteiger charge is 2.19. The van der Waals surface area contributed by atoms with Crippen molar-refractivity contribution in [3.05, 3.63) is 0 Å². The average Bonchev–Trinajstić information content (AvgIpc) is 2.51. The van der Waals surface area contributed by atoms with Gasteiger partial charge in [-0.05, 0) is 0 Å². The maximum absolute atomic E-state index is 9.16. The molecule has 1 aromatic rings. The van der Waals surface area contributed by atoms with Crippen molar-refractivity contribution >= 4 is 17.8 Å². The van der Waals surface area contributed by atoms with Gasteiger partial charge in [0.25, 0.3) is 11.9 Å². The second-order valence-corrected chi connectivity index (χ2v) is 3.46. The first kappa shape index (κ1) is 17.2. The molecular formula is C9H18N6O6. The Morgan fingerprint density at radius 3 is 1.38 bits per heavy atom. The normalized spacial score (nSPS) is 10.6. The number of aliphatic hydroxyl groups is 4. The molecule has 0 fully saturated rings. The number of hydroxylamine groups is 2. The molecule has 12 nitrogen and oxygen atoms in total. The van der Waals surface area contributed by atoms with Crippen LogP contribution in [0.3, 0.4) is 0 Å². The highest BCUT2D eigenvalue weighted by Crippen LogP contribution is 2.18. The van der Waals surface area contributed by atoms with E-state index in [0.717, 1.165) is 15.0 Å². The Balaban J connectivity index is 3.30. The van der Waals surface area contributed by atoms with Gasteiger partial charge < -0.3 is 20.4 Å². The van der Waals surface area contributed by atoms with Crippen LogP contribution in [-0.2, 0) is 9.68 Å². The quantitative estimate of drug-likeness (QED) is 0.276. The summed E-state index contributed by atoms with van der Waals surface area (Å²) in [6.07, 6.45) is 0. The van der Waals surface area contributed by atoms with E-state index in [4.69, 9.17) is 30.1 Å². The molecule has 0 aromatic carbocycles. The Bertz CT molecular complexity index is 351. The number of hydrogen-bond acceptors (Lipinski definition) is 12. The monoisotopic (exact) mass is 306 g/mol. The largest absolute Gasteiger partial charge is 0.376 e. The molecule has 0 aliphatic rings. The van der Waals surface area contributed by atoms with E-state index < -0.39 is 26.9 Å². The van der Waals surface area contributed by atoms with E-state index in [1.54, 1.807) is 0 Å². The molecule has 1 rings (SSSR count). The molecule has 1 aromatic heterocycles. The second kappa shape index (κ2) is 8.46. The van der Waals surface area contributed by atoms with E-state index in [0.29, 0.717) is 0 Å². The zero-order chi connectivity index (χ0) is 15.8. The van der Waals surface area contributed by atoms with Crippen molar-refractivity contribution in [3.8, 4) is 0 Å². The Hall–Kier alpha value is -1.83. The topological polar surface area (TPSA) is 148 Å². The van der Waals surface area contributed by atoms with Crippen molar-refractivity contribution in [1.29, 1.82) is 0 Å². The maximum atomic E-state index is 9.16. The summed E-state index contributed by atoms with van der Waals surface area (Å²) in [5, 5.41) is 38.5. The van der Waals surface area contributed by atoms with Crippen LogP contribution < -0.4 is 15.0 Å². The van der Waals surface area contributed by atoms with Gasteiger partial charge in [-0.15, -0.1) is 0 Å². The first-order chi connectivity index (χ1) is 10.1. The molecule has 0 aliphatic carbocycles. The number of nitrogens with zero attached hydrogens (tertiary/aromatic N) is 6. The molecule has 0 unspecified atom stereocenters. The number of aliphatic hydroxyl groups excluding tert-OH is 4. The summed E-state index contributed by atoms with van der Waals surface area (Å²) < 4.78 is 0. The third kappa shape index (κ3) is 4.07. The minimum atomic E-state index is -0.558. The number of rotatable bonds is 9. The van der Waals surface area contributed by atoms with Crippen LogP contribution in [0.5, 0.6) is 0 Å². The molecule has 0 saturated heterocycles. The predicted molar refractivity (Wildman–Crippen MR) is 69.6 cm³/mol. The lowest BCUT2D eigenvalue weighted by molar-refractivity contribution is 0.0918. The Labute approximate surface area is 120 Å². The van der Waals surface area contributed by atoms with Gasteiger partial charge in [0, 0.05) is 0 Å². The average molecular weight is 306 g/mol. The number of aromatic nitrogens is 3. The highest BCUT2D eigenvalue weighted by atomic mass is 16.7. The van der Waals surface area contributed by atoms with Gasteiger partial charge in [-0.25, -0.2) is 0 Å². The third-order valence-electron chi connectivity index (χ3n) is 2.37. The third-order valence-corrected chi connectivity index (χ3v) is 2.37. The molecule has 0 atom stereocenters. The molecule has 21 heavy (non-hydrogen) atoms. The SMILES string of the molecule is CON(CO)c1nc(N(CO)CO)nc(N(CO)OC)n1. The summed E-state index contributed by atoms with van der Waals surface area (Å²) in [7, 11) is 2.57. The van der Waals surface area contributed by atoms with Crippen LogP contribution in [0.4, 0.5) is 17.8 Å². The Morgan fingerprint density at radius 2 is 1.10 bits per heavy atom. The van der Waals surface area contributed by atoms with Gasteiger partial charge in [-0.2, -0.15) is 25.1 Å². The van der Waals surface area contributed by atoms with Gasteiger partial charge in [0.1, 0.15) is 26.9 Å². The molecule has 0 amide bonds. The van der Waals surface area contributed by atoms with E-state index in [-0.39, 0.29) is 17.8 Å². The standard InChI is InChI=1S/C9H18N6O6/c1-20-14(5-18)8-10-7(13(3-16)4-17)11-9(12-8)15(6-19)21-2/h16-19H,3-6H2,1-2H3. The first-order valence-electron chi connectivity index (χ1n) is 5.72. The lowest BCUT2D eigenvalue weighted by atomic mass is 10.7.